The lowest BCUT2D eigenvalue weighted by atomic mass is 10.0. The van der Waals surface area contributed by atoms with E-state index < -0.39 is 0 Å². The molecule has 0 aliphatic heterocycles. The van der Waals surface area contributed by atoms with Gasteiger partial charge < -0.3 is 0 Å². The van der Waals surface area contributed by atoms with Crippen molar-refractivity contribution >= 4 is 0 Å². The van der Waals surface area contributed by atoms with Crippen LogP contribution in [0, 0.1) is 11.7 Å². The molecule has 18 heavy (non-hydrogen) atoms. The molecule has 0 nitrogen and oxygen atoms in total. The third-order valence-electron chi connectivity index (χ3n) is 3.67. The lowest BCUT2D eigenvalue weighted by Crippen LogP contribution is -1.87. The van der Waals surface area contributed by atoms with Gasteiger partial charge in [-0.1, -0.05) is 49.2 Å². The average molecular weight is 240 g/mol. The molecule has 92 valence electrons. The second-order valence-electron chi connectivity index (χ2n) is 5.19. The van der Waals surface area contributed by atoms with E-state index in [1.54, 1.807) is 0 Å². The minimum absolute atomic E-state index is 0.181. The van der Waals surface area contributed by atoms with Gasteiger partial charge in [0.2, 0.25) is 0 Å². The fourth-order valence-electron chi connectivity index (χ4n) is 2.28. The van der Waals surface area contributed by atoms with Crippen LogP contribution in [-0.4, -0.2) is 0 Å². The number of rotatable bonds is 4. The van der Waals surface area contributed by atoms with Crippen LogP contribution < -0.4 is 0 Å². The Morgan fingerprint density at radius 3 is 1.94 bits per heavy atom. The first-order valence-corrected chi connectivity index (χ1v) is 6.66. The zero-order chi connectivity index (χ0) is 12.4. The first-order valence-electron chi connectivity index (χ1n) is 6.66. The molecule has 2 aromatic carbocycles. The molecule has 0 radical (unpaired) electrons. The third-order valence-corrected chi connectivity index (χ3v) is 3.67. The van der Waals surface area contributed by atoms with Crippen LogP contribution in [-0.2, 0) is 6.42 Å². The maximum absolute atomic E-state index is 12.8. The SMILES string of the molecule is Fc1ccc(-c2ccc(CCC3CC3)cc2)cc1. The zero-order valence-corrected chi connectivity index (χ0v) is 10.4. The first kappa shape index (κ1) is 11.5. The van der Waals surface area contributed by atoms with Gasteiger partial charge in [-0.25, -0.2) is 4.39 Å². The maximum Gasteiger partial charge on any atom is 0.123 e. The fraction of sp³-hybridized carbons (Fsp3) is 0.294. The molecule has 1 saturated carbocycles. The van der Waals surface area contributed by atoms with E-state index in [9.17, 15) is 4.39 Å². The van der Waals surface area contributed by atoms with Crippen molar-refractivity contribution in [3.63, 3.8) is 0 Å². The molecule has 1 fully saturated rings. The Labute approximate surface area is 107 Å². The molecule has 1 heteroatoms. The van der Waals surface area contributed by atoms with E-state index in [0.29, 0.717) is 0 Å². The number of hydrogen-bond donors (Lipinski definition) is 0. The van der Waals surface area contributed by atoms with Gasteiger partial charge >= 0.3 is 0 Å². The molecule has 0 heterocycles. The summed E-state index contributed by atoms with van der Waals surface area (Å²) in [4.78, 5) is 0. The van der Waals surface area contributed by atoms with E-state index in [2.05, 4.69) is 24.3 Å². The lowest BCUT2D eigenvalue weighted by molar-refractivity contribution is 0.628. The monoisotopic (exact) mass is 240 g/mol. The van der Waals surface area contributed by atoms with Crippen LogP contribution in [0.1, 0.15) is 24.8 Å². The number of benzene rings is 2. The second kappa shape index (κ2) is 4.93. The molecule has 1 aliphatic rings. The summed E-state index contributed by atoms with van der Waals surface area (Å²) in [6.07, 6.45) is 5.37. The summed E-state index contributed by atoms with van der Waals surface area (Å²) in [7, 11) is 0. The van der Waals surface area contributed by atoms with Crippen LogP contribution in [0.5, 0.6) is 0 Å². The molecule has 0 atom stereocenters. The van der Waals surface area contributed by atoms with Gasteiger partial charge in [0.15, 0.2) is 0 Å². The fourth-order valence-corrected chi connectivity index (χ4v) is 2.28. The standard InChI is InChI=1S/C17H17F/c18-17-11-9-16(10-12-17)15-7-5-14(6-8-15)4-3-13-1-2-13/h5-13H,1-4H2. The molecule has 3 rings (SSSR count). The second-order valence-corrected chi connectivity index (χ2v) is 5.19. The van der Waals surface area contributed by atoms with Gasteiger partial charge in [0.25, 0.3) is 0 Å². The normalized spacial score (nSPS) is 14.7. The van der Waals surface area contributed by atoms with E-state index in [1.165, 1.54) is 43.4 Å². The van der Waals surface area contributed by atoms with Gasteiger partial charge in [-0.05, 0) is 47.6 Å². The lowest BCUT2D eigenvalue weighted by Gasteiger charge is -2.04. The van der Waals surface area contributed by atoms with Crippen molar-refractivity contribution in [2.24, 2.45) is 5.92 Å². The Kier molecular flexibility index (Phi) is 3.14. The van der Waals surface area contributed by atoms with Crippen LogP contribution >= 0.6 is 0 Å². The van der Waals surface area contributed by atoms with Crippen molar-refractivity contribution in [3.05, 3.63) is 59.9 Å². The van der Waals surface area contributed by atoms with Gasteiger partial charge in [-0.2, -0.15) is 0 Å². The predicted molar refractivity (Wildman–Crippen MR) is 72.9 cm³/mol. The van der Waals surface area contributed by atoms with Gasteiger partial charge in [-0.3, -0.25) is 0 Å². The minimum Gasteiger partial charge on any atom is -0.207 e. The molecule has 0 unspecified atom stereocenters. The summed E-state index contributed by atoms with van der Waals surface area (Å²) >= 11 is 0. The van der Waals surface area contributed by atoms with Crippen LogP contribution in [0.4, 0.5) is 4.39 Å². The van der Waals surface area contributed by atoms with Crippen molar-refractivity contribution in [1.29, 1.82) is 0 Å². The largest absolute Gasteiger partial charge is 0.207 e. The average Bonchev–Trinajstić information content (AvgIpc) is 3.22. The molecule has 2 aromatic rings. The Bertz CT molecular complexity index is 506. The summed E-state index contributed by atoms with van der Waals surface area (Å²) in [5.74, 6) is 0.807. The molecule has 0 bridgehead atoms. The topological polar surface area (TPSA) is 0 Å². The molecular weight excluding hydrogens is 223 g/mol. The quantitative estimate of drug-likeness (QED) is 0.717. The highest BCUT2D eigenvalue weighted by atomic mass is 19.1. The molecule has 0 spiro atoms. The van der Waals surface area contributed by atoms with Crippen LogP contribution in [0.2, 0.25) is 0 Å². The van der Waals surface area contributed by atoms with Crippen LogP contribution in [0.15, 0.2) is 48.5 Å². The van der Waals surface area contributed by atoms with Gasteiger partial charge in [-0.15, -0.1) is 0 Å². The zero-order valence-electron chi connectivity index (χ0n) is 10.4. The highest BCUT2D eigenvalue weighted by molar-refractivity contribution is 5.63. The van der Waals surface area contributed by atoms with Crippen molar-refractivity contribution in [2.75, 3.05) is 0 Å². The predicted octanol–water partition coefficient (Wildman–Crippen LogP) is 4.84. The van der Waals surface area contributed by atoms with E-state index >= 15 is 0 Å². The molecule has 0 N–H and O–H groups in total. The molecule has 0 aromatic heterocycles. The van der Waals surface area contributed by atoms with Crippen molar-refractivity contribution in [1.82, 2.24) is 0 Å². The van der Waals surface area contributed by atoms with Crippen LogP contribution in [0.25, 0.3) is 11.1 Å². The van der Waals surface area contributed by atoms with Gasteiger partial charge in [0, 0.05) is 0 Å². The summed E-state index contributed by atoms with van der Waals surface area (Å²) in [6, 6.07) is 15.3. The van der Waals surface area contributed by atoms with Crippen LogP contribution in [0.3, 0.4) is 0 Å². The summed E-state index contributed by atoms with van der Waals surface area (Å²) in [5.41, 5.74) is 3.64. The molecule has 1 aliphatic carbocycles. The third kappa shape index (κ3) is 2.79. The smallest absolute Gasteiger partial charge is 0.123 e. The summed E-state index contributed by atoms with van der Waals surface area (Å²) in [6.45, 7) is 0. The first-order chi connectivity index (χ1) is 8.81. The van der Waals surface area contributed by atoms with Gasteiger partial charge in [0.05, 0.1) is 0 Å². The number of halogens is 1. The van der Waals surface area contributed by atoms with E-state index in [1.807, 2.05) is 12.1 Å². The Balaban J connectivity index is 1.71. The molecule has 0 amide bonds. The van der Waals surface area contributed by atoms with E-state index in [0.717, 1.165) is 17.0 Å². The van der Waals surface area contributed by atoms with E-state index in [4.69, 9.17) is 0 Å². The Morgan fingerprint density at radius 2 is 1.39 bits per heavy atom. The highest BCUT2D eigenvalue weighted by Gasteiger charge is 2.20. The van der Waals surface area contributed by atoms with Crippen molar-refractivity contribution in [3.8, 4) is 11.1 Å². The minimum atomic E-state index is -0.181. The Morgan fingerprint density at radius 1 is 0.833 bits per heavy atom. The number of aryl methyl sites for hydroxylation is 1. The van der Waals surface area contributed by atoms with Crippen molar-refractivity contribution in [2.45, 2.75) is 25.7 Å². The summed E-state index contributed by atoms with van der Waals surface area (Å²) in [5, 5.41) is 0. The van der Waals surface area contributed by atoms with Crippen molar-refractivity contribution < 1.29 is 4.39 Å². The Hall–Kier alpha value is -1.63. The maximum atomic E-state index is 12.8. The molecule has 0 saturated heterocycles. The highest BCUT2D eigenvalue weighted by Crippen LogP contribution is 2.33. The van der Waals surface area contributed by atoms with Gasteiger partial charge in [0.1, 0.15) is 5.82 Å². The number of hydrogen-bond acceptors (Lipinski definition) is 0. The molecular formula is C17H17F. The van der Waals surface area contributed by atoms with E-state index in [-0.39, 0.29) is 5.82 Å². The summed E-state index contributed by atoms with van der Waals surface area (Å²) < 4.78 is 12.8.